The molecule has 0 spiro atoms. The summed E-state index contributed by atoms with van der Waals surface area (Å²) in [5, 5.41) is 5.54. The largest absolute Gasteiger partial charge is 0.497 e. The van der Waals surface area contributed by atoms with Gasteiger partial charge in [-0.05, 0) is 50.1 Å². The van der Waals surface area contributed by atoms with Crippen molar-refractivity contribution in [2.75, 3.05) is 19.5 Å². The van der Waals surface area contributed by atoms with Crippen LogP contribution >= 0.6 is 0 Å². The molecule has 2 aromatic rings. The molecule has 1 heterocycles. The van der Waals surface area contributed by atoms with Gasteiger partial charge in [-0.2, -0.15) is 0 Å². The van der Waals surface area contributed by atoms with Crippen LogP contribution in [0.5, 0.6) is 11.5 Å². The fraction of sp³-hybridized carbons (Fsp3) is 0.280. The standard InChI is InChI=1S/C25H24F2N2O4/c1-13-21(25(31)29-24-16(26)6-4-7-17(24)27)22(23-18(28-13)8-5-9-19(23)30)15-12-14(32-2)10-11-20(15)33-3/h4,6-7,10-12,22,28H,5,8-9H2,1-3H3,(H,29,31)/t22-/m0/s1. The van der Waals surface area contributed by atoms with Gasteiger partial charge < -0.3 is 20.1 Å². The lowest BCUT2D eigenvalue weighted by atomic mass is 9.74. The van der Waals surface area contributed by atoms with Crippen LogP contribution in [-0.2, 0) is 9.59 Å². The van der Waals surface area contributed by atoms with Crippen LogP contribution in [0.15, 0.2) is 58.9 Å². The lowest BCUT2D eigenvalue weighted by Gasteiger charge is -2.35. The van der Waals surface area contributed by atoms with Crippen molar-refractivity contribution in [2.45, 2.75) is 32.1 Å². The number of ketones is 1. The van der Waals surface area contributed by atoms with Crippen LogP contribution in [0.25, 0.3) is 0 Å². The molecule has 2 N–H and O–H groups in total. The van der Waals surface area contributed by atoms with E-state index >= 15 is 0 Å². The zero-order valence-corrected chi connectivity index (χ0v) is 18.6. The van der Waals surface area contributed by atoms with E-state index in [1.54, 1.807) is 25.1 Å². The van der Waals surface area contributed by atoms with Gasteiger partial charge in [-0.15, -0.1) is 0 Å². The molecule has 2 aliphatic rings. The first-order valence-corrected chi connectivity index (χ1v) is 10.6. The number of benzene rings is 2. The Labute approximate surface area is 190 Å². The van der Waals surface area contributed by atoms with E-state index < -0.39 is 29.1 Å². The molecule has 2 aromatic carbocycles. The first-order chi connectivity index (χ1) is 15.8. The maximum atomic E-state index is 14.3. The average Bonchev–Trinajstić information content (AvgIpc) is 2.80. The smallest absolute Gasteiger partial charge is 0.254 e. The second kappa shape index (κ2) is 9.05. The molecule has 0 radical (unpaired) electrons. The number of rotatable bonds is 5. The molecule has 1 aliphatic heterocycles. The van der Waals surface area contributed by atoms with Crippen molar-refractivity contribution in [3.63, 3.8) is 0 Å². The normalized spacial score (nSPS) is 18.0. The molecular formula is C25H24F2N2O4. The molecule has 0 unspecified atom stereocenters. The molecule has 4 rings (SSSR count). The Bertz CT molecular complexity index is 1180. The number of dihydropyridines is 1. The number of allylic oxidation sites excluding steroid dienone is 3. The van der Waals surface area contributed by atoms with E-state index in [2.05, 4.69) is 10.6 Å². The fourth-order valence-corrected chi connectivity index (χ4v) is 4.46. The van der Waals surface area contributed by atoms with E-state index in [1.807, 2.05) is 0 Å². The molecule has 6 nitrogen and oxygen atoms in total. The van der Waals surface area contributed by atoms with E-state index in [0.717, 1.165) is 17.8 Å². The van der Waals surface area contributed by atoms with Crippen molar-refractivity contribution >= 4 is 17.4 Å². The highest BCUT2D eigenvalue weighted by Crippen LogP contribution is 2.46. The number of carbonyl (C=O) groups is 2. The van der Waals surface area contributed by atoms with Crippen LogP contribution in [0, 0.1) is 11.6 Å². The third kappa shape index (κ3) is 4.08. The molecule has 1 atom stereocenters. The Hall–Kier alpha value is -3.68. The zero-order valence-electron chi connectivity index (χ0n) is 18.6. The SMILES string of the molecule is COc1ccc(OC)c([C@H]2C(C(=O)Nc3c(F)cccc3F)=C(C)NC3=C2C(=O)CCC3)c1. The van der Waals surface area contributed by atoms with Crippen molar-refractivity contribution in [1.29, 1.82) is 0 Å². The lowest BCUT2D eigenvalue weighted by Crippen LogP contribution is -2.35. The zero-order chi connectivity index (χ0) is 23.7. The molecule has 0 fully saturated rings. The summed E-state index contributed by atoms with van der Waals surface area (Å²) in [6.07, 6.45) is 1.69. The number of carbonyl (C=O) groups excluding carboxylic acids is 2. The quantitative estimate of drug-likeness (QED) is 0.691. The number of ether oxygens (including phenoxy) is 2. The minimum absolute atomic E-state index is 0.0894. The molecular weight excluding hydrogens is 430 g/mol. The van der Waals surface area contributed by atoms with Gasteiger partial charge in [0.25, 0.3) is 5.91 Å². The number of nitrogens with one attached hydrogen (secondary N) is 2. The molecule has 1 aliphatic carbocycles. The number of halogens is 2. The van der Waals surface area contributed by atoms with Crippen LogP contribution in [0.3, 0.4) is 0 Å². The van der Waals surface area contributed by atoms with Gasteiger partial charge in [0.15, 0.2) is 5.78 Å². The highest BCUT2D eigenvalue weighted by Gasteiger charge is 2.40. The molecule has 8 heteroatoms. The van der Waals surface area contributed by atoms with E-state index in [9.17, 15) is 18.4 Å². The Balaban J connectivity index is 1.88. The van der Waals surface area contributed by atoms with Gasteiger partial charge in [-0.3, -0.25) is 9.59 Å². The molecule has 33 heavy (non-hydrogen) atoms. The van der Waals surface area contributed by atoms with Gasteiger partial charge in [0.1, 0.15) is 28.8 Å². The molecule has 0 saturated carbocycles. The first-order valence-electron chi connectivity index (χ1n) is 10.6. The van der Waals surface area contributed by atoms with Gasteiger partial charge in [-0.1, -0.05) is 6.07 Å². The van der Waals surface area contributed by atoms with Crippen LogP contribution in [0.2, 0.25) is 0 Å². The first kappa shape index (κ1) is 22.5. The minimum Gasteiger partial charge on any atom is -0.497 e. The summed E-state index contributed by atoms with van der Waals surface area (Å²) in [6, 6.07) is 8.47. The highest BCUT2D eigenvalue weighted by molar-refractivity contribution is 6.10. The molecule has 0 saturated heterocycles. The maximum absolute atomic E-state index is 14.3. The second-order valence-corrected chi connectivity index (χ2v) is 7.92. The van der Waals surface area contributed by atoms with Gasteiger partial charge >= 0.3 is 0 Å². The van der Waals surface area contributed by atoms with Crippen molar-refractivity contribution in [2.24, 2.45) is 0 Å². The topological polar surface area (TPSA) is 76.7 Å². The fourth-order valence-electron chi connectivity index (χ4n) is 4.46. The van der Waals surface area contributed by atoms with E-state index in [-0.39, 0.29) is 11.4 Å². The van der Waals surface area contributed by atoms with E-state index in [0.29, 0.717) is 47.6 Å². The van der Waals surface area contributed by atoms with Crippen molar-refractivity contribution in [3.05, 3.63) is 76.1 Å². The number of hydrogen-bond acceptors (Lipinski definition) is 5. The Morgan fingerprint density at radius 3 is 2.48 bits per heavy atom. The number of hydrogen-bond donors (Lipinski definition) is 2. The number of Topliss-reactive ketones (excluding diaryl/α,β-unsaturated/α-hetero) is 1. The van der Waals surface area contributed by atoms with Crippen molar-refractivity contribution < 1.29 is 27.8 Å². The van der Waals surface area contributed by atoms with Gasteiger partial charge in [0.2, 0.25) is 0 Å². The molecule has 172 valence electrons. The van der Waals surface area contributed by atoms with Gasteiger partial charge in [0.05, 0.1) is 20.1 Å². The van der Waals surface area contributed by atoms with E-state index in [4.69, 9.17) is 9.47 Å². The molecule has 0 bridgehead atoms. The van der Waals surface area contributed by atoms with Crippen molar-refractivity contribution in [3.8, 4) is 11.5 Å². The third-order valence-electron chi connectivity index (χ3n) is 5.97. The summed E-state index contributed by atoms with van der Waals surface area (Å²) >= 11 is 0. The monoisotopic (exact) mass is 454 g/mol. The van der Waals surface area contributed by atoms with Crippen molar-refractivity contribution in [1.82, 2.24) is 5.32 Å². The van der Waals surface area contributed by atoms with Gasteiger partial charge in [0, 0.05) is 34.5 Å². The summed E-state index contributed by atoms with van der Waals surface area (Å²) in [6.45, 7) is 1.70. The summed E-state index contributed by atoms with van der Waals surface area (Å²) in [4.78, 5) is 26.5. The summed E-state index contributed by atoms with van der Waals surface area (Å²) in [5.41, 5.74) is 1.88. The predicted molar refractivity (Wildman–Crippen MR) is 119 cm³/mol. The van der Waals surface area contributed by atoms with Crippen LogP contribution < -0.4 is 20.1 Å². The number of anilines is 1. The van der Waals surface area contributed by atoms with Crippen LogP contribution in [0.1, 0.15) is 37.7 Å². The van der Waals surface area contributed by atoms with E-state index in [1.165, 1.54) is 20.3 Å². The summed E-state index contributed by atoms with van der Waals surface area (Å²) in [7, 11) is 3.01. The number of para-hydroxylation sites is 1. The Morgan fingerprint density at radius 1 is 1.09 bits per heavy atom. The highest BCUT2D eigenvalue weighted by atomic mass is 19.1. The average molecular weight is 454 g/mol. The van der Waals surface area contributed by atoms with Crippen LogP contribution in [0.4, 0.5) is 14.5 Å². The van der Waals surface area contributed by atoms with Crippen LogP contribution in [-0.4, -0.2) is 25.9 Å². The summed E-state index contributed by atoms with van der Waals surface area (Å²) < 4.78 is 39.4. The minimum atomic E-state index is -0.894. The third-order valence-corrected chi connectivity index (χ3v) is 5.97. The molecule has 1 amide bonds. The summed E-state index contributed by atoms with van der Waals surface area (Å²) in [5.74, 6) is -2.41. The Kier molecular flexibility index (Phi) is 6.18. The lowest BCUT2D eigenvalue weighted by molar-refractivity contribution is -0.116. The maximum Gasteiger partial charge on any atom is 0.254 e. The number of methoxy groups -OCH3 is 2. The second-order valence-electron chi connectivity index (χ2n) is 7.92. The predicted octanol–water partition coefficient (Wildman–Crippen LogP) is 4.59. The number of amides is 1. The Morgan fingerprint density at radius 2 is 1.82 bits per heavy atom. The van der Waals surface area contributed by atoms with Gasteiger partial charge in [-0.25, -0.2) is 8.78 Å². The molecule has 0 aromatic heterocycles.